The van der Waals surface area contributed by atoms with Crippen molar-refractivity contribution >= 4 is 29.2 Å². The predicted molar refractivity (Wildman–Crippen MR) is 166 cm³/mol. The molecule has 0 fully saturated rings. The molecular weight excluding hydrogens is 603 g/mol. The lowest BCUT2D eigenvalue weighted by Crippen LogP contribution is -2.22. The van der Waals surface area contributed by atoms with E-state index in [1.807, 2.05) is 44.2 Å². The summed E-state index contributed by atoms with van der Waals surface area (Å²) >= 11 is 12.3. The molecule has 2 N–H and O–H groups in total. The average molecular weight is 632 g/mol. The Kier molecular flexibility index (Phi) is 9.49. The molecule has 0 aromatic heterocycles. The Morgan fingerprint density at radius 2 is 1.80 bits per heavy atom. The van der Waals surface area contributed by atoms with Crippen molar-refractivity contribution in [1.29, 1.82) is 5.26 Å². The number of nitrogens with zero attached hydrogens (tertiary/aromatic N) is 1. The number of ether oxygens (including phenoxy) is 5. The van der Waals surface area contributed by atoms with Crippen molar-refractivity contribution in [2.75, 3.05) is 13.2 Å². The second-order valence-electron chi connectivity index (χ2n) is 9.87. The Labute approximate surface area is 265 Å². The highest BCUT2D eigenvalue weighted by atomic mass is 35.5. The Morgan fingerprint density at radius 3 is 2.55 bits per heavy atom. The van der Waals surface area contributed by atoms with Crippen LogP contribution in [0.15, 0.2) is 90.3 Å². The van der Waals surface area contributed by atoms with Crippen LogP contribution in [0.5, 0.6) is 28.7 Å². The van der Waals surface area contributed by atoms with Crippen LogP contribution in [0.2, 0.25) is 10.0 Å². The fourth-order valence-electron chi connectivity index (χ4n) is 4.74. The minimum atomic E-state index is -0.586. The van der Waals surface area contributed by atoms with Gasteiger partial charge in [-0.05, 0) is 67.4 Å². The van der Waals surface area contributed by atoms with E-state index in [1.165, 1.54) is 0 Å². The van der Waals surface area contributed by atoms with Gasteiger partial charge in [-0.1, -0.05) is 53.5 Å². The normalized spacial score (nSPS) is 13.8. The van der Waals surface area contributed by atoms with Gasteiger partial charge in [0, 0.05) is 27.2 Å². The van der Waals surface area contributed by atoms with Crippen LogP contribution in [0.4, 0.5) is 0 Å². The van der Waals surface area contributed by atoms with Crippen molar-refractivity contribution in [2.45, 2.75) is 26.4 Å². The molecule has 224 valence electrons. The fourth-order valence-corrected chi connectivity index (χ4v) is 5.20. The quantitative estimate of drug-likeness (QED) is 0.142. The Hall–Kier alpha value is -4.84. The van der Waals surface area contributed by atoms with Crippen molar-refractivity contribution in [3.8, 4) is 34.8 Å². The van der Waals surface area contributed by atoms with Crippen LogP contribution in [0.3, 0.4) is 0 Å². The third-order valence-corrected chi connectivity index (χ3v) is 7.35. The van der Waals surface area contributed by atoms with Gasteiger partial charge in [-0.15, -0.1) is 0 Å². The summed E-state index contributed by atoms with van der Waals surface area (Å²) < 4.78 is 28.8. The van der Waals surface area contributed by atoms with E-state index in [0.717, 1.165) is 16.7 Å². The number of halogens is 2. The first-order valence-corrected chi connectivity index (χ1v) is 14.5. The van der Waals surface area contributed by atoms with Gasteiger partial charge in [-0.3, -0.25) is 0 Å². The summed E-state index contributed by atoms with van der Waals surface area (Å²) in [6.45, 7) is 4.11. The monoisotopic (exact) mass is 630 g/mol. The first-order chi connectivity index (χ1) is 21.2. The number of carbonyl (C=O) groups is 1. The van der Waals surface area contributed by atoms with Gasteiger partial charge < -0.3 is 29.4 Å². The van der Waals surface area contributed by atoms with E-state index >= 15 is 0 Å². The molecule has 4 aromatic carbocycles. The predicted octanol–water partition coefficient (Wildman–Crippen LogP) is 7.48. The van der Waals surface area contributed by atoms with Crippen LogP contribution >= 0.6 is 23.2 Å². The lowest BCUT2D eigenvalue weighted by atomic mass is 9.83. The molecule has 4 aromatic rings. The maximum Gasteiger partial charge on any atom is 0.349 e. The van der Waals surface area contributed by atoms with Gasteiger partial charge in [0.05, 0.1) is 12.5 Å². The smallest absolute Gasteiger partial charge is 0.349 e. The third-order valence-electron chi connectivity index (χ3n) is 6.77. The summed E-state index contributed by atoms with van der Waals surface area (Å²) in [7, 11) is 0. The number of hydrogen-bond acceptors (Lipinski definition) is 8. The van der Waals surface area contributed by atoms with Gasteiger partial charge in [-0.25, -0.2) is 4.79 Å². The van der Waals surface area contributed by atoms with Crippen molar-refractivity contribution in [2.24, 2.45) is 5.73 Å². The standard InChI is InChI=1S/C34H28Cl2N2O6/c1-3-40-31-14-21(8-12-29(31)42-18-22-7-9-23(35)15-28(22)36)33-26-11-10-25(16-30(26)44-34(38)27(33)17-37)43-32(39)19-41-24-6-4-5-20(2)13-24/h4-16,33H,3,18-19,38H2,1-2H3. The van der Waals surface area contributed by atoms with Crippen molar-refractivity contribution in [1.82, 2.24) is 0 Å². The zero-order chi connectivity index (χ0) is 31.2. The number of benzene rings is 4. The molecule has 1 unspecified atom stereocenters. The molecule has 0 radical (unpaired) electrons. The molecule has 1 heterocycles. The molecule has 1 atom stereocenters. The van der Waals surface area contributed by atoms with E-state index in [2.05, 4.69) is 6.07 Å². The zero-order valence-corrected chi connectivity index (χ0v) is 25.4. The Morgan fingerprint density at radius 1 is 0.955 bits per heavy atom. The second kappa shape index (κ2) is 13.6. The number of nitrogens with two attached hydrogens (primary N) is 1. The van der Waals surface area contributed by atoms with Gasteiger partial charge in [0.1, 0.15) is 35.5 Å². The van der Waals surface area contributed by atoms with E-state index < -0.39 is 11.9 Å². The first kappa shape index (κ1) is 30.6. The van der Waals surface area contributed by atoms with Gasteiger partial charge >= 0.3 is 5.97 Å². The number of carbonyl (C=O) groups excluding carboxylic acids is 1. The molecule has 10 heteroatoms. The zero-order valence-electron chi connectivity index (χ0n) is 23.9. The molecule has 1 aliphatic heterocycles. The lowest BCUT2D eigenvalue weighted by Gasteiger charge is -2.27. The number of rotatable bonds is 10. The van der Waals surface area contributed by atoms with E-state index in [0.29, 0.717) is 45.2 Å². The number of hydrogen-bond donors (Lipinski definition) is 1. The number of aryl methyl sites for hydroxylation is 1. The number of allylic oxidation sites excluding steroid dienone is 1. The molecule has 5 rings (SSSR count). The van der Waals surface area contributed by atoms with E-state index in [1.54, 1.807) is 48.5 Å². The number of esters is 1. The summed E-state index contributed by atoms with van der Waals surface area (Å²) in [5.41, 5.74) is 9.60. The largest absolute Gasteiger partial charge is 0.490 e. The first-order valence-electron chi connectivity index (χ1n) is 13.7. The van der Waals surface area contributed by atoms with Crippen LogP contribution in [0.1, 0.15) is 35.1 Å². The lowest BCUT2D eigenvalue weighted by molar-refractivity contribution is -0.136. The highest BCUT2D eigenvalue weighted by Gasteiger charge is 2.32. The maximum atomic E-state index is 12.5. The van der Waals surface area contributed by atoms with Gasteiger partial charge in [-0.2, -0.15) is 5.26 Å². The summed E-state index contributed by atoms with van der Waals surface area (Å²) in [6.07, 6.45) is 0. The van der Waals surface area contributed by atoms with Crippen molar-refractivity contribution in [3.63, 3.8) is 0 Å². The molecule has 8 nitrogen and oxygen atoms in total. The van der Waals surface area contributed by atoms with E-state index in [4.69, 9.17) is 52.6 Å². The Bertz CT molecular complexity index is 1780. The van der Waals surface area contributed by atoms with E-state index in [9.17, 15) is 10.1 Å². The summed E-state index contributed by atoms with van der Waals surface area (Å²) in [5, 5.41) is 11.0. The molecule has 0 amide bonds. The van der Waals surface area contributed by atoms with Crippen LogP contribution in [-0.2, 0) is 11.4 Å². The number of fused-ring (bicyclic) bond motifs is 1. The van der Waals surface area contributed by atoms with E-state index in [-0.39, 0.29) is 30.4 Å². The molecule has 44 heavy (non-hydrogen) atoms. The van der Waals surface area contributed by atoms with Crippen molar-refractivity contribution in [3.05, 3.63) is 123 Å². The third kappa shape index (κ3) is 7.03. The molecule has 0 saturated heterocycles. The minimum Gasteiger partial charge on any atom is -0.490 e. The molecular formula is C34H28Cl2N2O6. The Balaban J connectivity index is 1.38. The maximum absolute atomic E-state index is 12.5. The molecule has 1 aliphatic rings. The molecule has 0 aliphatic carbocycles. The molecule has 0 spiro atoms. The summed E-state index contributed by atoms with van der Waals surface area (Å²) in [4.78, 5) is 12.5. The average Bonchev–Trinajstić information content (AvgIpc) is 2.99. The van der Waals surface area contributed by atoms with Gasteiger partial charge in [0.15, 0.2) is 18.1 Å². The number of nitriles is 1. The highest BCUT2D eigenvalue weighted by Crippen LogP contribution is 2.45. The SMILES string of the molecule is CCOc1cc(C2C(C#N)=C(N)Oc3cc(OC(=O)COc4cccc(C)c4)ccc32)ccc1OCc1ccc(Cl)cc1Cl. The summed E-state index contributed by atoms with van der Waals surface area (Å²) in [6, 6.07) is 25.1. The summed E-state index contributed by atoms with van der Waals surface area (Å²) in [5.74, 6) is 0.941. The van der Waals surface area contributed by atoms with Gasteiger partial charge in [0.25, 0.3) is 0 Å². The molecule has 0 bridgehead atoms. The fraction of sp³-hybridized carbons (Fsp3) is 0.176. The van der Waals surface area contributed by atoms with Crippen LogP contribution < -0.4 is 29.4 Å². The van der Waals surface area contributed by atoms with Gasteiger partial charge in [0.2, 0.25) is 5.88 Å². The van der Waals surface area contributed by atoms with Crippen molar-refractivity contribution < 1.29 is 28.5 Å². The van der Waals surface area contributed by atoms with Crippen LogP contribution in [0.25, 0.3) is 0 Å². The highest BCUT2D eigenvalue weighted by molar-refractivity contribution is 6.35. The topological polar surface area (TPSA) is 113 Å². The van der Waals surface area contributed by atoms with Crippen LogP contribution in [-0.4, -0.2) is 19.2 Å². The minimum absolute atomic E-state index is 0.0491. The second-order valence-corrected chi connectivity index (χ2v) is 10.7. The molecule has 0 saturated carbocycles. The van der Waals surface area contributed by atoms with Crippen LogP contribution in [0, 0.1) is 18.3 Å².